The van der Waals surface area contributed by atoms with E-state index in [2.05, 4.69) is 24.1 Å². The van der Waals surface area contributed by atoms with Crippen molar-refractivity contribution < 1.29 is 4.39 Å². The summed E-state index contributed by atoms with van der Waals surface area (Å²) in [5, 5.41) is 3.35. The van der Waals surface area contributed by atoms with Crippen LogP contribution in [0.3, 0.4) is 0 Å². The first-order valence-electron chi connectivity index (χ1n) is 6.62. The van der Waals surface area contributed by atoms with Crippen molar-refractivity contribution >= 4 is 0 Å². The number of hydrogen-bond donors (Lipinski definition) is 1. The van der Waals surface area contributed by atoms with Gasteiger partial charge in [-0.1, -0.05) is 39.5 Å². The maximum absolute atomic E-state index is 13.6. The Morgan fingerprint density at radius 3 is 2.76 bits per heavy atom. The average Bonchev–Trinajstić information content (AvgIpc) is 2.34. The van der Waals surface area contributed by atoms with Crippen molar-refractivity contribution in [2.24, 2.45) is 0 Å². The Hall–Kier alpha value is -0.960. The Labute approximate surface area is 104 Å². The lowest BCUT2D eigenvalue weighted by Crippen LogP contribution is -2.22. The zero-order chi connectivity index (χ0) is 12.5. The van der Waals surface area contributed by atoms with Crippen molar-refractivity contribution in [2.45, 2.75) is 52.0 Å². The van der Waals surface area contributed by atoms with Crippen LogP contribution in [0.25, 0.3) is 0 Å². The van der Waals surface area contributed by atoms with Crippen LogP contribution in [0.2, 0.25) is 0 Å². The van der Waals surface area contributed by atoms with Crippen LogP contribution >= 0.6 is 0 Å². The molecule has 0 aromatic carbocycles. The van der Waals surface area contributed by atoms with Gasteiger partial charge in [0.25, 0.3) is 0 Å². The van der Waals surface area contributed by atoms with Gasteiger partial charge in [0.2, 0.25) is 0 Å². The van der Waals surface area contributed by atoms with Gasteiger partial charge in [0.15, 0.2) is 0 Å². The summed E-state index contributed by atoms with van der Waals surface area (Å²) in [5.74, 6) is -0.200. The molecule has 1 rings (SSSR count). The second kappa shape index (κ2) is 8.18. The maximum Gasteiger partial charge on any atom is 0.146 e. The van der Waals surface area contributed by atoms with E-state index in [1.807, 2.05) is 0 Å². The number of pyridine rings is 1. The number of halogens is 1. The van der Waals surface area contributed by atoms with E-state index in [4.69, 9.17) is 0 Å². The molecule has 0 aliphatic rings. The van der Waals surface area contributed by atoms with Crippen LogP contribution in [0.4, 0.5) is 4.39 Å². The van der Waals surface area contributed by atoms with Gasteiger partial charge in [-0.2, -0.15) is 0 Å². The summed E-state index contributed by atoms with van der Waals surface area (Å²) in [4.78, 5) is 3.79. The van der Waals surface area contributed by atoms with E-state index < -0.39 is 0 Å². The highest BCUT2D eigenvalue weighted by molar-refractivity contribution is 5.17. The quantitative estimate of drug-likeness (QED) is 0.696. The lowest BCUT2D eigenvalue weighted by Gasteiger charge is -2.18. The molecule has 0 fully saturated rings. The van der Waals surface area contributed by atoms with E-state index in [1.165, 1.54) is 25.5 Å². The van der Waals surface area contributed by atoms with Gasteiger partial charge in [-0.05, 0) is 19.0 Å². The highest BCUT2D eigenvalue weighted by Gasteiger charge is 2.13. The topological polar surface area (TPSA) is 24.9 Å². The van der Waals surface area contributed by atoms with Gasteiger partial charge < -0.3 is 5.32 Å². The molecule has 3 heteroatoms. The molecule has 1 aromatic heterocycles. The molecule has 0 aliphatic carbocycles. The molecule has 1 unspecified atom stereocenters. The van der Waals surface area contributed by atoms with Gasteiger partial charge in [-0.25, -0.2) is 4.39 Å². The normalized spacial score (nSPS) is 12.6. The minimum Gasteiger partial charge on any atom is -0.310 e. The molecule has 1 heterocycles. The molecule has 1 N–H and O–H groups in total. The molecule has 17 heavy (non-hydrogen) atoms. The zero-order valence-corrected chi connectivity index (χ0v) is 10.9. The third-order valence-corrected chi connectivity index (χ3v) is 2.98. The number of hydrogen-bond acceptors (Lipinski definition) is 2. The van der Waals surface area contributed by atoms with E-state index >= 15 is 0 Å². The molecule has 0 aliphatic heterocycles. The Morgan fingerprint density at radius 1 is 1.29 bits per heavy atom. The van der Waals surface area contributed by atoms with Gasteiger partial charge in [-0.15, -0.1) is 0 Å². The van der Waals surface area contributed by atoms with Gasteiger partial charge in [0.1, 0.15) is 5.82 Å². The summed E-state index contributed by atoms with van der Waals surface area (Å²) in [7, 11) is 0. The molecule has 96 valence electrons. The molecule has 0 bridgehead atoms. The summed E-state index contributed by atoms with van der Waals surface area (Å²) in [6, 6.07) is 1.91. The standard InChI is InChI=1S/C14H23FN2/c1-3-5-6-7-8-14(17-4-2)12-9-10-16-11-13(12)15/h9-11,14,17H,3-8H2,1-2H3. The summed E-state index contributed by atoms with van der Waals surface area (Å²) in [5.41, 5.74) is 0.748. The molecule has 1 aromatic rings. The highest BCUT2D eigenvalue weighted by atomic mass is 19.1. The Kier molecular flexibility index (Phi) is 6.78. The summed E-state index contributed by atoms with van der Waals surface area (Å²) < 4.78 is 13.6. The second-order valence-corrected chi connectivity index (χ2v) is 4.36. The predicted molar refractivity (Wildman–Crippen MR) is 69.4 cm³/mol. The molecular formula is C14H23FN2. The van der Waals surface area contributed by atoms with Gasteiger partial charge in [0.05, 0.1) is 6.20 Å². The second-order valence-electron chi connectivity index (χ2n) is 4.36. The third kappa shape index (κ3) is 4.82. The first-order valence-corrected chi connectivity index (χ1v) is 6.62. The molecule has 2 nitrogen and oxygen atoms in total. The molecule has 0 saturated carbocycles. The minimum atomic E-state index is -0.200. The van der Waals surface area contributed by atoms with Crippen LogP contribution in [0.1, 0.15) is 57.6 Å². The van der Waals surface area contributed by atoms with Crippen molar-refractivity contribution in [2.75, 3.05) is 6.54 Å². The molecule has 1 atom stereocenters. The van der Waals surface area contributed by atoms with Gasteiger partial charge in [-0.3, -0.25) is 4.98 Å². The molecule has 0 spiro atoms. The fourth-order valence-corrected chi connectivity index (χ4v) is 2.06. The van der Waals surface area contributed by atoms with E-state index in [-0.39, 0.29) is 11.9 Å². The van der Waals surface area contributed by atoms with E-state index in [1.54, 1.807) is 12.3 Å². The minimum absolute atomic E-state index is 0.125. The molecule has 0 amide bonds. The summed E-state index contributed by atoms with van der Waals surface area (Å²) >= 11 is 0. The highest BCUT2D eigenvalue weighted by Crippen LogP contribution is 2.21. The lowest BCUT2D eigenvalue weighted by atomic mass is 10.0. The number of rotatable bonds is 8. The van der Waals surface area contributed by atoms with Crippen molar-refractivity contribution in [3.05, 3.63) is 29.8 Å². The van der Waals surface area contributed by atoms with E-state index in [0.29, 0.717) is 0 Å². The Bertz CT molecular complexity index is 315. The third-order valence-electron chi connectivity index (χ3n) is 2.98. The van der Waals surface area contributed by atoms with Crippen molar-refractivity contribution in [3.8, 4) is 0 Å². The number of unbranched alkanes of at least 4 members (excludes halogenated alkanes) is 3. The molecular weight excluding hydrogens is 215 g/mol. The zero-order valence-electron chi connectivity index (χ0n) is 10.9. The Balaban J connectivity index is 2.56. The molecule has 0 radical (unpaired) electrons. The maximum atomic E-state index is 13.6. The smallest absolute Gasteiger partial charge is 0.146 e. The monoisotopic (exact) mass is 238 g/mol. The predicted octanol–water partition coefficient (Wildman–Crippen LogP) is 3.84. The molecule has 0 saturated heterocycles. The van der Waals surface area contributed by atoms with E-state index in [9.17, 15) is 4.39 Å². The van der Waals surface area contributed by atoms with Crippen LogP contribution in [0, 0.1) is 5.82 Å². The number of aromatic nitrogens is 1. The first kappa shape index (κ1) is 14.1. The van der Waals surface area contributed by atoms with Crippen LogP contribution in [0.15, 0.2) is 18.5 Å². The fourth-order valence-electron chi connectivity index (χ4n) is 2.06. The van der Waals surface area contributed by atoms with Gasteiger partial charge >= 0.3 is 0 Å². The van der Waals surface area contributed by atoms with Crippen LogP contribution < -0.4 is 5.32 Å². The SMILES string of the molecule is CCCCCCC(NCC)c1ccncc1F. The van der Waals surface area contributed by atoms with Crippen molar-refractivity contribution in [1.82, 2.24) is 10.3 Å². The van der Waals surface area contributed by atoms with Crippen LogP contribution in [-0.2, 0) is 0 Å². The van der Waals surface area contributed by atoms with Crippen LogP contribution in [-0.4, -0.2) is 11.5 Å². The largest absolute Gasteiger partial charge is 0.310 e. The van der Waals surface area contributed by atoms with Gasteiger partial charge in [0, 0.05) is 17.8 Å². The summed E-state index contributed by atoms with van der Waals surface area (Å²) in [6.07, 6.45) is 8.82. The number of nitrogens with zero attached hydrogens (tertiary/aromatic N) is 1. The van der Waals surface area contributed by atoms with Crippen molar-refractivity contribution in [1.29, 1.82) is 0 Å². The van der Waals surface area contributed by atoms with Crippen molar-refractivity contribution in [3.63, 3.8) is 0 Å². The summed E-state index contributed by atoms with van der Waals surface area (Å²) in [6.45, 7) is 5.11. The van der Waals surface area contributed by atoms with E-state index in [0.717, 1.165) is 24.9 Å². The Morgan fingerprint density at radius 2 is 2.12 bits per heavy atom. The lowest BCUT2D eigenvalue weighted by molar-refractivity contribution is 0.459. The first-order chi connectivity index (χ1) is 8.29. The van der Waals surface area contributed by atoms with Crippen LogP contribution in [0.5, 0.6) is 0 Å². The average molecular weight is 238 g/mol. The number of nitrogens with one attached hydrogen (secondary N) is 1. The fraction of sp³-hybridized carbons (Fsp3) is 0.643.